The Kier molecular flexibility index (Phi) is 6.83. The highest BCUT2D eigenvalue weighted by Crippen LogP contribution is 2.31. The van der Waals surface area contributed by atoms with E-state index in [2.05, 4.69) is 5.32 Å². The van der Waals surface area contributed by atoms with Gasteiger partial charge in [-0.3, -0.25) is 4.79 Å². The Bertz CT molecular complexity index is 545. The molecule has 0 radical (unpaired) electrons. The van der Waals surface area contributed by atoms with Gasteiger partial charge in [-0.2, -0.15) is 13.2 Å². The predicted octanol–water partition coefficient (Wildman–Crippen LogP) is 3.48. The summed E-state index contributed by atoms with van der Waals surface area (Å²) >= 11 is 0. The van der Waals surface area contributed by atoms with Gasteiger partial charge in [0.15, 0.2) is 0 Å². The van der Waals surface area contributed by atoms with E-state index < -0.39 is 29.0 Å². The fourth-order valence-electron chi connectivity index (χ4n) is 2.62. The van der Waals surface area contributed by atoms with E-state index in [1.165, 1.54) is 4.90 Å². The Hall–Kier alpha value is -1.34. The van der Waals surface area contributed by atoms with E-state index in [9.17, 15) is 22.4 Å². The van der Waals surface area contributed by atoms with Crippen LogP contribution in [0.3, 0.4) is 0 Å². The number of rotatable bonds is 4. The monoisotopic (exact) mass is 354 g/mol. The zero-order chi connectivity index (χ0) is 16.3. The van der Waals surface area contributed by atoms with E-state index in [-0.39, 0.29) is 18.4 Å². The molecule has 0 aromatic heterocycles. The maximum absolute atomic E-state index is 13.9. The fraction of sp³-hybridized carbons (Fsp3) is 0.533. The van der Waals surface area contributed by atoms with E-state index in [0.717, 1.165) is 6.54 Å². The van der Waals surface area contributed by atoms with Crippen molar-refractivity contribution in [2.45, 2.75) is 32.0 Å². The molecule has 1 aromatic carbocycles. The molecule has 130 valence electrons. The molecule has 1 aliphatic rings. The highest BCUT2D eigenvalue weighted by atomic mass is 35.5. The Labute approximate surface area is 138 Å². The third kappa shape index (κ3) is 4.57. The van der Waals surface area contributed by atoms with Crippen LogP contribution in [0, 0.1) is 5.82 Å². The highest BCUT2D eigenvalue weighted by Gasteiger charge is 2.34. The second-order valence-electron chi connectivity index (χ2n) is 5.34. The summed E-state index contributed by atoms with van der Waals surface area (Å²) < 4.78 is 52.1. The summed E-state index contributed by atoms with van der Waals surface area (Å²) in [4.78, 5) is 14.0. The Morgan fingerprint density at radius 2 is 2.09 bits per heavy atom. The van der Waals surface area contributed by atoms with E-state index >= 15 is 0 Å². The SMILES string of the molecule is CCCN(C(=O)c1cc(C(F)(F)F)ccc1F)C1CCNC1.Cl. The van der Waals surface area contributed by atoms with Gasteiger partial charge in [0.25, 0.3) is 5.91 Å². The second-order valence-corrected chi connectivity index (χ2v) is 5.34. The van der Waals surface area contributed by atoms with Gasteiger partial charge in [0.1, 0.15) is 5.82 Å². The van der Waals surface area contributed by atoms with Gasteiger partial charge in [-0.25, -0.2) is 4.39 Å². The number of hydrogen-bond acceptors (Lipinski definition) is 2. The lowest BCUT2D eigenvalue weighted by molar-refractivity contribution is -0.137. The van der Waals surface area contributed by atoms with E-state index in [1.807, 2.05) is 6.92 Å². The van der Waals surface area contributed by atoms with Crippen LogP contribution >= 0.6 is 12.4 Å². The molecule has 0 bridgehead atoms. The van der Waals surface area contributed by atoms with Crippen LogP contribution in [-0.4, -0.2) is 36.5 Å². The molecular weight excluding hydrogens is 336 g/mol. The van der Waals surface area contributed by atoms with Crippen LogP contribution in [0.2, 0.25) is 0 Å². The lowest BCUT2D eigenvalue weighted by atomic mass is 10.1. The van der Waals surface area contributed by atoms with Gasteiger partial charge >= 0.3 is 6.18 Å². The molecule has 8 heteroatoms. The Balaban J connectivity index is 0.00000264. The number of hydrogen-bond donors (Lipinski definition) is 1. The van der Waals surface area contributed by atoms with Gasteiger partial charge in [0, 0.05) is 19.1 Å². The molecule has 1 unspecified atom stereocenters. The van der Waals surface area contributed by atoms with E-state index in [1.54, 1.807) is 0 Å². The molecule has 1 heterocycles. The minimum Gasteiger partial charge on any atom is -0.334 e. The van der Waals surface area contributed by atoms with E-state index in [0.29, 0.717) is 44.1 Å². The van der Waals surface area contributed by atoms with Crippen LogP contribution in [0.4, 0.5) is 17.6 Å². The number of amides is 1. The summed E-state index contributed by atoms with van der Waals surface area (Å²) in [5, 5.41) is 3.10. The first-order chi connectivity index (χ1) is 10.3. The molecule has 23 heavy (non-hydrogen) atoms. The van der Waals surface area contributed by atoms with Gasteiger partial charge in [-0.1, -0.05) is 6.92 Å². The molecule has 2 rings (SSSR count). The standard InChI is InChI=1S/C15H18F4N2O.ClH/c1-2-7-21(11-5-6-20-9-11)14(22)12-8-10(15(17,18)19)3-4-13(12)16;/h3-4,8,11,20H,2,5-7,9H2,1H3;1H. The molecular formula is C15H19ClF4N2O. The third-order valence-electron chi connectivity index (χ3n) is 3.72. The zero-order valence-corrected chi connectivity index (χ0v) is 13.4. The van der Waals surface area contributed by atoms with Crippen molar-refractivity contribution in [1.29, 1.82) is 0 Å². The second kappa shape index (κ2) is 7.97. The lowest BCUT2D eigenvalue weighted by Gasteiger charge is -2.28. The summed E-state index contributed by atoms with van der Waals surface area (Å²) in [5.74, 6) is -1.61. The quantitative estimate of drug-likeness (QED) is 0.840. The molecule has 0 aliphatic carbocycles. The molecule has 0 saturated carbocycles. The number of carbonyl (C=O) groups is 1. The molecule has 1 N–H and O–H groups in total. The van der Waals surface area contributed by atoms with Gasteiger partial charge in [-0.05, 0) is 37.6 Å². The minimum absolute atomic E-state index is 0. The summed E-state index contributed by atoms with van der Waals surface area (Å²) in [7, 11) is 0. The molecule has 1 atom stereocenters. The van der Waals surface area contributed by atoms with Crippen molar-refractivity contribution in [3.05, 3.63) is 35.1 Å². The fourth-order valence-corrected chi connectivity index (χ4v) is 2.62. The van der Waals surface area contributed by atoms with Gasteiger partial charge in [-0.15, -0.1) is 12.4 Å². The third-order valence-corrected chi connectivity index (χ3v) is 3.72. The minimum atomic E-state index is -4.60. The number of nitrogens with zero attached hydrogens (tertiary/aromatic N) is 1. The lowest BCUT2D eigenvalue weighted by Crippen LogP contribution is -2.42. The first-order valence-corrected chi connectivity index (χ1v) is 7.23. The molecule has 3 nitrogen and oxygen atoms in total. The number of halogens is 5. The van der Waals surface area contributed by atoms with Crippen LogP contribution in [0.25, 0.3) is 0 Å². The first-order valence-electron chi connectivity index (χ1n) is 7.23. The topological polar surface area (TPSA) is 32.3 Å². The molecule has 1 aliphatic heterocycles. The molecule has 1 fully saturated rings. The van der Waals surface area contributed by atoms with E-state index in [4.69, 9.17) is 0 Å². The van der Waals surface area contributed by atoms with Crippen molar-refractivity contribution < 1.29 is 22.4 Å². The summed E-state index contributed by atoms with van der Waals surface area (Å²) in [5.41, 5.74) is -1.53. The van der Waals surface area contributed by atoms with Crippen molar-refractivity contribution >= 4 is 18.3 Å². The van der Waals surface area contributed by atoms with Crippen molar-refractivity contribution in [3.8, 4) is 0 Å². The maximum atomic E-state index is 13.9. The average molecular weight is 355 g/mol. The maximum Gasteiger partial charge on any atom is 0.416 e. The van der Waals surface area contributed by atoms with Crippen molar-refractivity contribution in [1.82, 2.24) is 10.2 Å². The first kappa shape index (κ1) is 19.7. The summed E-state index contributed by atoms with van der Waals surface area (Å²) in [6, 6.07) is 1.84. The molecule has 0 spiro atoms. The summed E-state index contributed by atoms with van der Waals surface area (Å²) in [6.07, 6.45) is -3.23. The molecule has 1 saturated heterocycles. The van der Waals surface area contributed by atoms with Crippen molar-refractivity contribution in [3.63, 3.8) is 0 Å². The largest absolute Gasteiger partial charge is 0.416 e. The number of benzene rings is 1. The Morgan fingerprint density at radius 3 is 2.61 bits per heavy atom. The Morgan fingerprint density at radius 1 is 1.39 bits per heavy atom. The zero-order valence-electron chi connectivity index (χ0n) is 12.6. The van der Waals surface area contributed by atoms with Crippen molar-refractivity contribution in [2.75, 3.05) is 19.6 Å². The van der Waals surface area contributed by atoms with Crippen LogP contribution in [0.5, 0.6) is 0 Å². The predicted molar refractivity (Wildman–Crippen MR) is 81.3 cm³/mol. The van der Waals surface area contributed by atoms with Crippen molar-refractivity contribution in [2.24, 2.45) is 0 Å². The van der Waals surface area contributed by atoms with Crippen LogP contribution < -0.4 is 5.32 Å². The highest BCUT2D eigenvalue weighted by molar-refractivity contribution is 5.95. The van der Waals surface area contributed by atoms with Gasteiger partial charge in [0.05, 0.1) is 11.1 Å². The number of nitrogens with one attached hydrogen (secondary N) is 1. The van der Waals surface area contributed by atoms with Gasteiger partial charge in [0.2, 0.25) is 0 Å². The molecule has 1 amide bonds. The normalized spacial score (nSPS) is 17.7. The smallest absolute Gasteiger partial charge is 0.334 e. The number of carbonyl (C=O) groups excluding carboxylic acids is 1. The number of alkyl halides is 3. The van der Waals surface area contributed by atoms with Crippen LogP contribution in [-0.2, 0) is 6.18 Å². The molecule has 1 aromatic rings. The van der Waals surface area contributed by atoms with Crippen LogP contribution in [0.15, 0.2) is 18.2 Å². The van der Waals surface area contributed by atoms with Gasteiger partial charge < -0.3 is 10.2 Å². The summed E-state index contributed by atoms with van der Waals surface area (Å²) in [6.45, 7) is 3.57. The van der Waals surface area contributed by atoms with Crippen LogP contribution in [0.1, 0.15) is 35.7 Å². The average Bonchev–Trinajstić information content (AvgIpc) is 2.97.